The van der Waals surface area contributed by atoms with Crippen molar-refractivity contribution in [2.45, 2.75) is 26.2 Å². The molecule has 3 nitrogen and oxygen atoms in total. The third-order valence-electron chi connectivity index (χ3n) is 2.80. The molecule has 1 N–H and O–H groups in total. The highest BCUT2D eigenvalue weighted by Crippen LogP contribution is 2.27. The van der Waals surface area contributed by atoms with Crippen molar-refractivity contribution >= 4 is 11.3 Å². The molecule has 2 rings (SSSR count). The number of aryl methyl sites for hydroxylation is 1. The van der Waals surface area contributed by atoms with Crippen molar-refractivity contribution in [1.29, 1.82) is 0 Å². The van der Waals surface area contributed by atoms with E-state index in [9.17, 15) is 8.78 Å². The number of halogens is 2. The summed E-state index contributed by atoms with van der Waals surface area (Å²) in [6.45, 7) is 4.06. The van der Waals surface area contributed by atoms with Crippen LogP contribution in [-0.4, -0.2) is 23.3 Å². The number of benzene rings is 1. The second kappa shape index (κ2) is 7.40. The van der Waals surface area contributed by atoms with Gasteiger partial charge in [0.25, 0.3) is 0 Å². The van der Waals surface area contributed by atoms with Gasteiger partial charge >= 0.3 is 0 Å². The van der Waals surface area contributed by atoms with E-state index in [2.05, 4.69) is 22.4 Å². The van der Waals surface area contributed by atoms with Crippen LogP contribution in [0.3, 0.4) is 0 Å². The summed E-state index contributed by atoms with van der Waals surface area (Å²) >= 11 is 1.32. The first kappa shape index (κ1) is 15.0. The number of hydrogen-bond donors (Lipinski definition) is 1. The minimum absolute atomic E-state index is 0.179. The molecule has 1 aromatic heterocycles. The summed E-state index contributed by atoms with van der Waals surface area (Å²) in [4.78, 5) is 0. The molecule has 0 spiro atoms. The van der Waals surface area contributed by atoms with Gasteiger partial charge in [-0.3, -0.25) is 0 Å². The van der Waals surface area contributed by atoms with Crippen molar-refractivity contribution in [3.8, 4) is 10.6 Å². The van der Waals surface area contributed by atoms with Gasteiger partial charge in [-0.1, -0.05) is 18.3 Å². The van der Waals surface area contributed by atoms with E-state index >= 15 is 0 Å². The highest BCUT2D eigenvalue weighted by Gasteiger charge is 2.12. The molecule has 0 aliphatic heterocycles. The van der Waals surface area contributed by atoms with Crippen molar-refractivity contribution in [2.75, 3.05) is 13.1 Å². The molecular weight excluding hydrogens is 280 g/mol. The molecule has 0 saturated carbocycles. The molecule has 0 saturated heterocycles. The Bertz CT molecular complexity index is 557. The Kier molecular flexibility index (Phi) is 5.55. The van der Waals surface area contributed by atoms with E-state index < -0.39 is 11.6 Å². The molecule has 6 heteroatoms. The number of nitrogens with zero attached hydrogens (tertiary/aromatic N) is 2. The summed E-state index contributed by atoms with van der Waals surface area (Å²) in [6, 6.07) is 3.36. The second-order valence-electron chi connectivity index (χ2n) is 4.48. The van der Waals surface area contributed by atoms with Gasteiger partial charge < -0.3 is 5.32 Å². The lowest BCUT2D eigenvalue weighted by molar-refractivity contribution is 0.603. The molecule has 0 fully saturated rings. The first-order chi connectivity index (χ1) is 9.70. The van der Waals surface area contributed by atoms with E-state index in [1.165, 1.54) is 11.3 Å². The Morgan fingerprint density at radius 3 is 2.85 bits per heavy atom. The average molecular weight is 297 g/mol. The van der Waals surface area contributed by atoms with Crippen LogP contribution in [0.1, 0.15) is 24.8 Å². The molecular formula is C14H17F2N3S. The monoisotopic (exact) mass is 297 g/mol. The summed E-state index contributed by atoms with van der Waals surface area (Å²) in [5.41, 5.74) is 0.179. The predicted octanol–water partition coefficient (Wildman–Crippen LogP) is 3.42. The van der Waals surface area contributed by atoms with Gasteiger partial charge in [0.1, 0.15) is 16.6 Å². The lowest BCUT2D eigenvalue weighted by Crippen LogP contribution is -2.16. The van der Waals surface area contributed by atoms with E-state index in [-0.39, 0.29) is 5.56 Å². The van der Waals surface area contributed by atoms with Crippen LogP contribution in [0.15, 0.2) is 18.2 Å². The number of aromatic nitrogens is 2. The third kappa shape index (κ3) is 4.05. The van der Waals surface area contributed by atoms with Crippen LogP contribution in [0.25, 0.3) is 10.6 Å². The molecule has 0 bridgehead atoms. The molecule has 0 amide bonds. The summed E-state index contributed by atoms with van der Waals surface area (Å²) in [5, 5.41) is 12.6. The number of rotatable bonds is 7. The minimum atomic E-state index is -0.473. The lowest BCUT2D eigenvalue weighted by atomic mass is 10.2. The molecule has 20 heavy (non-hydrogen) atoms. The van der Waals surface area contributed by atoms with E-state index in [1.807, 2.05) is 0 Å². The maximum absolute atomic E-state index is 13.6. The van der Waals surface area contributed by atoms with E-state index in [0.717, 1.165) is 55.6 Å². The first-order valence-corrected chi connectivity index (χ1v) is 7.51. The largest absolute Gasteiger partial charge is 0.317 e. The van der Waals surface area contributed by atoms with Gasteiger partial charge in [-0.25, -0.2) is 8.78 Å². The lowest BCUT2D eigenvalue weighted by Gasteiger charge is -2.00. The van der Waals surface area contributed by atoms with E-state index in [1.54, 1.807) is 0 Å². The first-order valence-electron chi connectivity index (χ1n) is 6.69. The topological polar surface area (TPSA) is 37.8 Å². The van der Waals surface area contributed by atoms with E-state index in [4.69, 9.17) is 0 Å². The number of hydrogen-bond acceptors (Lipinski definition) is 4. The van der Waals surface area contributed by atoms with Crippen LogP contribution < -0.4 is 5.32 Å². The van der Waals surface area contributed by atoms with Gasteiger partial charge in [0.15, 0.2) is 5.01 Å². The van der Waals surface area contributed by atoms with Crippen LogP contribution in [0.2, 0.25) is 0 Å². The van der Waals surface area contributed by atoms with Crippen LogP contribution in [0.4, 0.5) is 8.78 Å². The zero-order chi connectivity index (χ0) is 14.4. The maximum Gasteiger partial charge on any atom is 0.150 e. The SMILES string of the molecule is CCCNCCCc1nnc(-c2cc(F)ccc2F)s1. The fourth-order valence-corrected chi connectivity index (χ4v) is 2.69. The summed E-state index contributed by atoms with van der Waals surface area (Å²) in [5.74, 6) is -0.944. The van der Waals surface area contributed by atoms with Gasteiger partial charge in [-0.15, -0.1) is 10.2 Å². The highest BCUT2D eigenvalue weighted by molar-refractivity contribution is 7.14. The molecule has 0 aliphatic carbocycles. The molecule has 1 aromatic carbocycles. The van der Waals surface area contributed by atoms with Gasteiger partial charge in [-0.2, -0.15) is 0 Å². The quantitative estimate of drug-likeness (QED) is 0.796. The Balaban J connectivity index is 1.96. The van der Waals surface area contributed by atoms with Crippen molar-refractivity contribution in [3.05, 3.63) is 34.8 Å². The third-order valence-corrected chi connectivity index (χ3v) is 3.81. The minimum Gasteiger partial charge on any atom is -0.317 e. The van der Waals surface area contributed by atoms with Crippen molar-refractivity contribution < 1.29 is 8.78 Å². The maximum atomic E-state index is 13.6. The Morgan fingerprint density at radius 1 is 1.20 bits per heavy atom. The standard InChI is InChI=1S/C14H17F2N3S/c1-2-7-17-8-3-4-13-18-19-14(20-13)11-9-10(15)5-6-12(11)16/h5-6,9,17H,2-4,7-8H2,1H3. The van der Waals surface area contributed by atoms with Crippen LogP contribution in [0, 0.1) is 11.6 Å². The molecule has 0 radical (unpaired) electrons. The zero-order valence-electron chi connectivity index (χ0n) is 11.3. The van der Waals surface area contributed by atoms with Gasteiger partial charge in [-0.05, 0) is 44.1 Å². The van der Waals surface area contributed by atoms with Gasteiger partial charge in [0, 0.05) is 6.42 Å². The van der Waals surface area contributed by atoms with Crippen molar-refractivity contribution in [2.24, 2.45) is 0 Å². The number of nitrogens with one attached hydrogen (secondary N) is 1. The zero-order valence-corrected chi connectivity index (χ0v) is 12.1. The second-order valence-corrected chi connectivity index (χ2v) is 5.54. The van der Waals surface area contributed by atoms with Crippen molar-refractivity contribution in [3.63, 3.8) is 0 Å². The predicted molar refractivity (Wildman–Crippen MR) is 76.7 cm³/mol. The van der Waals surface area contributed by atoms with E-state index in [0.29, 0.717) is 5.01 Å². The fraction of sp³-hybridized carbons (Fsp3) is 0.429. The van der Waals surface area contributed by atoms with Crippen LogP contribution >= 0.6 is 11.3 Å². The van der Waals surface area contributed by atoms with Crippen molar-refractivity contribution in [1.82, 2.24) is 15.5 Å². The van der Waals surface area contributed by atoms with Crippen LogP contribution in [0.5, 0.6) is 0 Å². The Labute approximate surface area is 121 Å². The molecule has 108 valence electrons. The summed E-state index contributed by atoms with van der Waals surface area (Å²) in [6.07, 6.45) is 2.87. The Hall–Kier alpha value is -1.40. The highest BCUT2D eigenvalue weighted by atomic mass is 32.1. The van der Waals surface area contributed by atoms with Crippen LogP contribution in [-0.2, 0) is 6.42 Å². The normalized spacial score (nSPS) is 10.9. The molecule has 0 atom stereocenters. The molecule has 1 heterocycles. The fourth-order valence-electron chi connectivity index (χ4n) is 1.79. The summed E-state index contributed by atoms with van der Waals surface area (Å²) < 4.78 is 26.8. The molecule has 0 unspecified atom stereocenters. The average Bonchev–Trinajstić information content (AvgIpc) is 2.90. The molecule has 2 aromatic rings. The smallest absolute Gasteiger partial charge is 0.150 e. The summed E-state index contributed by atoms with van der Waals surface area (Å²) in [7, 11) is 0. The van der Waals surface area contributed by atoms with Gasteiger partial charge in [0.05, 0.1) is 5.56 Å². The Morgan fingerprint density at radius 2 is 2.05 bits per heavy atom. The van der Waals surface area contributed by atoms with Gasteiger partial charge in [0.2, 0.25) is 0 Å². The molecule has 0 aliphatic rings.